The molecule has 2 atom stereocenters. The minimum Gasteiger partial charge on any atom is -0.444 e. The Morgan fingerprint density at radius 1 is 1.17 bits per heavy atom. The lowest BCUT2D eigenvalue weighted by molar-refractivity contribution is 0.0436. The number of nitrogens with one attached hydrogen (secondary N) is 1. The van der Waals surface area contributed by atoms with E-state index in [-0.39, 0.29) is 19.1 Å². The van der Waals surface area contributed by atoms with E-state index in [0.717, 1.165) is 0 Å². The topological polar surface area (TPSA) is 94.1 Å². The molecule has 0 aliphatic carbocycles. The first-order chi connectivity index (χ1) is 10.4. The molecule has 0 spiro atoms. The molecule has 23 heavy (non-hydrogen) atoms. The number of carbonyl (C=O) groups excluding carboxylic acids is 1. The number of hydrogen-bond donors (Lipinski definition) is 2. The second-order valence-corrected chi connectivity index (χ2v) is 8.80. The van der Waals surface area contributed by atoms with Crippen molar-refractivity contribution < 1.29 is 28.3 Å². The van der Waals surface area contributed by atoms with Gasteiger partial charge in [-0.2, -0.15) is 0 Å². The number of ether oxygens (including phenoxy) is 1. The standard InChI is InChI=1S/C15H32NO6P/c1-8-20-23(19,21-9-2)13(17)12(10-11(3)4)16-14(18)22-15(5,6)7/h11-13,17H,8-10H2,1-7H3,(H,16,18)/t12-,13-/m0/s1. The molecule has 8 heteroatoms. The third kappa shape index (κ3) is 8.70. The van der Waals surface area contributed by atoms with Gasteiger partial charge < -0.3 is 24.2 Å². The molecule has 0 saturated carbocycles. The third-order valence-corrected chi connectivity index (χ3v) is 4.97. The van der Waals surface area contributed by atoms with Crippen molar-refractivity contribution in [2.75, 3.05) is 13.2 Å². The van der Waals surface area contributed by atoms with Crippen molar-refractivity contribution in [3.63, 3.8) is 0 Å². The Hall–Kier alpha value is -0.620. The van der Waals surface area contributed by atoms with Gasteiger partial charge in [0.05, 0.1) is 19.3 Å². The smallest absolute Gasteiger partial charge is 0.407 e. The molecule has 0 aliphatic heterocycles. The average Bonchev–Trinajstić information content (AvgIpc) is 2.34. The maximum absolute atomic E-state index is 12.7. The van der Waals surface area contributed by atoms with Crippen LogP contribution in [0.2, 0.25) is 0 Å². The number of aliphatic hydroxyl groups is 1. The summed E-state index contributed by atoms with van der Waals surface area (Å²) in [7, 11) is -3.74. The van der Waals surface area contributed by atoms with Crippen LogP contribution >= 0.6 is 7.60 Å². The molecule has 1 amide bonds. The van der Waals surface area contributed by atoms with E-state index in [2.05, 4.69) is 5.32 Å². The lowest BCUT2D eigenvalue weighted by Crippen LogP contribution is -2.46. The second-order valence-electron chi connectivity index (χ2n) is 6.67. The van der Waals surface area contributed by atoms with Gasteiger partial charge in [-0.15, -0.1) is 0 Å². The van der Waals surface area contributed by atoms with E-state index in [1.807, 2.05) is 13.8 Å². The summed E-state index contributed by atoms with van der Waals surface area (Å²) in [6.45, 7) is 12.7. The highest BCUT2D eigenvalue weighted by Crippen LogP contribution is 2.53. The number of aliphatic hydroxyl groups excluding tert-OH is 1. The van der Waals surface area contributed by atoms with Crippen LogP contribution in [0.4, 0.5) is 4.79 Å². The van der Waals surface area contributed by atoms with Crippen LogP contribution in [0.3, 0.4) is 0 Å². The summed E-state index contributed by atoms with van der Waals surface area (Å²) >= 11 is 0. The van der Waals surface area contributed by atoms with Gasteiger partial charge in [0.15, 0.2) is 5.85 Å². The van der Waals surface area contributed by atoms with Crippen molar-refractivity contribution in [1.82, 2.24) is 5.32 Å². The van der Waals surface area contributed by atoms with Crippen LogP contribution in [-0.2, 0) is 18.3 Å². The van der Waals surface area contributed by atoms with Gasteiger partial charge in [-0.3, -0.25) is 4.57 Å². The molecule has 0 unspecified atom stereocenters. The van der Waals surface area contributed by atoms with Crippen molar-refractivity contribution in [2.24, 2.45) is 5.92 Å². The Morgan fingerprint density at radius 2 is 1.65 bits per heavy atom. The first kappa shape index (κ1) is 22.4. The van der Waals surface area contributed by atoms with Gasteiger partial charge in [0.25, 0.3) is 0 Å². The zero-order valence-corrected chi connectivity index (χ0v) is 16.2. The van der Waals surface area contributed by atoms with Gasteiger partial charge >= 0.3 is 13.7 Å². The number of amides is 1. The minimum atomic E-state index is -3.74. The largest absolute Gasteiger partial charge is 0.444 e. The fraction of sp³-hybridized carbons (Fsp3) is 0.933. The van der Waals surface area contributed by atoms with Crippen molar-refractivity contribution in [3.05, 3.63) is 0 Å². The second kappa shape index (κ2) is 9.62. The van der Waals surface area contributed by atoms with Crippen LogP contribution < -0.4 is 5.32 Å². The van der Waals surface area contributed by atoms with Crippen LogP contribution in [0.15, 0.2) is 0 Å². The maximum atomic E-state index is 12.7. The summed E-state index contributed by atoms with van der Waals surface area (Å²) in [5.41, 5.74) is -0.666. The van der Waals surface area contributed by atoms with Gasteiger partial charge in [0.2, 0.25) is 0 Å². The highest BCUT2D eigenvalue weighted by atomic mass is 31.2. The first-order valence-electron chi connectivity index (χ1n) is 8.01. The molecule has 0 radical (unpaired) electrons. The average molecular weight is 353 g/mol. The SMILES string of the molecule is CCOP(=O)(OCC)[C@H](O)[C@H](CC(C)C)NC(=O)OC(C)(C)C. The van der Waals surface area contributed by atoms with Gasteiger partial charge in [-0.1, -0.05) is 13.8 Å². The highest BCUT2D eigenvalue weighted by molar-refractivity contribution is 7.54. The molecule has 2 N–H and O–H groups in total. The molecule has 0 aromatic rings. The Bertz CT molecular complexity index is 397. The Morgan fingerprint density at radius 3 is 2.00 bits per heavy atom. The van der Waals surface area contributed by atoms with E-state index in [1.54, 1.807) is 34.6 Å². The highest BCUT2D eigenvalue weighted by Gasteiger charge is 2.41. The summed E-state index contributed by atoms with van der Waals surface area (Å²) < 4.78 is 28.3. The van der Waals surface area contributed by atoms with Gasteiger partial charge in [-0.25, -0.2) is 4.79 Å². The van der Waals surface area contributed by atoms with Gasteiger partial charge in [-0.05, 0) is 47.0 Å². The monoisotopic (exact) mass is 353 g/mol. The molecule has 138 valence electrons. The zero-order chi connectivity index (χ0) is 18.3. The lowest BCUT2D eigenvalue weighted by atomic mass is 10.0. The summed E-state index contributed by atoms with van der Waals surface area (Å²) in [6, 6.07) is -0.797. The van der Waals surface area contributed by atoms with Crippen molar-refractivity contribution >= 4 is 13.7 Å². The maximum Gasteiger partial charge on any atom is 0.407 e. The Kier molecular flexibility index (Phi) is 9.36. The molecule has 0 aliphatic rings. The van der Waals surface area contributed by atoms with E-state index < -0.39 is 31.2 Å². The molecule has 0 aromatic carbocycles. The fourth-order valence-corrected chi connectivity index (χ4v) is 3.73. The summed E-state index contributed by atoms with van der Waals surface area (Å²) in [6.07, 6.45) is -0.272. The molecule has 0 bridgehead atoms. The van der Waals surface area contributed by atoms with E-state index in [9.17, 15) is 14.5 Å². The molecular weight excluding hydrogens is 321 g/mol. The normalized spacial score (nSPS) is 15.3. The van der Waals surface area contributed by atoms with Crippen molar-refractivity contribution in [3.8, 4) is 0 Å². The number of hydrogen-bond acceptors (Lipinski definition) is 6. The van der Waals surface area contributed by atoms with Crippen LogP contribution in [0.25, 0.3) is 0 Å². The van der Waals surface area contributed by atoms with Crippen LogP contribution in [0.1, 0.15) is 54.9 Å². The molecule has 0 aromatic heterocycles. The third-order valence-electron chi connectivity index (χ3n) is 2.73. The predicted octanol–water partition coefficient (Wildman–Crippen LogP) is 3.51. The van der Waals surface area contributed by atoms with Crippen LogP contribution in [-0.4, -0.2) is 41.9 Å². The van der Waals surface area contributed by atoms with Gasteiger partial charge in [0.1, 0.15) is 5.60 Å². The summed E-state index contributed by atoms with van der Waals surface area (Å²) in [5.74, 6) is -1.31. The van der Waals surface area contributed by atoms with Crippen LogP contribution in [0.5, 0.6) is 0 Å². The van der Waals surface area contributed by atoms with E-state index in [1.165, 1.54) is 0 Å². The lowest BCUT2D eigenvalue weighted by Gasteiger charge is -2.31. The molecule has 0 heterocycles. The zero-order valence-electron chi connectivity index (χ0n) is 15.3. The van der Waals surface area contributed by atoms with E-state index in [4.69, 9.17) is 13.8 Å². The quantitative estimate of drug-likeness (QED) is 0.616. The summed E-state index contributed by atoms with van der Waals surface area (Å²) in [4.78, 5) is 12.0. The molecule has 0 fully saturated rings. The van der Waals surface area contributed by atoms with Gasteiger partial charge in [0, 0.05) is 0 Å². The van der Waals surface area contributed by atoms with E-state index >= 15 is 0 Å². The fourth-order valence-electron chi connectivity index (χ4n) is 1.99. The molecule has 7 nitrogen and oxygen atoms in total. The molecule has 0 rings (SSSR count). The van der Waals surface area contributed by atoms with E-state index in [0.29, 0.717) is 6.42 Å². The minimum absolute atomic E-state index is 0.134. The molecular formula is C15H32NO6P. The van der Waals surface area contributed by atoms with Crippen molar-refractivity contribution in [1.29, 1.82) is 0 Å². The predicted molar refractivity (Wildman–Crippen MR) is 89.5 cm³/mol. The number of rotatable bonds is 9. The summed E-state index contributed by atoms with van der Waals surface area (Å²) in [5, 5.41) is 13.1. The number of carbonyl (C=O) groups is 1. The van der Waals surface area contributed by atoms with Crippen molar-refractivity contribution in [2.45, 2.75) is 72.4 Å². The Labute approximate surface area is 139 Å². The van der Waals surface area contributed by atoms with Crippen LogP contribution in [0, 0.1) is 5.92 Å². The Balaban J connectivity index is 5.20. The number of alkyl carbamates (subject to hydrolysis) is 1. The first-order valence-corrected chi connectivity index (χ1v) is 9.62. The molecule has 0 saturated heterocycles.